The number of anilines is 1. The quantitative estimate of drug-likeness (QED) is 0.656. The molecule has 0 radical (unpaired) electrons. The number of hydrogen-bond acceptors (Lipinski definition) is 2. The molecule has 2 rings (SSSR count). The van der Waals surface area contributed by atoms with Gasteiger partial charge >= 0.3 is 0 Å². The fourth-order valence-corrected chi connectivity index (χ4v) is 2.17. The Bertz CT molecular complexity index is 344. The van der Waals surface area contributed by atoms with Crippen molar-refractivity contribution in [1.29, 1.82) is 0 Å². The van der Waals surface area contributed by atoms with Gasteiger partial charge in [-0.25, -0.2) is 0 Å². The van der Waals surface area contributed by atoms with Crippen molar-refractivity contribution in [3.05, 3.63) is 23.8 Å². The third kappa shape index (κ3) is 1.17. The Morgan fingerprint density at radius 3 is 2.77 bits per heavy atom. The molecule has 1 aromatic rings. The van der Waals surface area contributed by atoms with E-state index in [1.54, 1.807) is 6.07 Å². The maximum absolute atomic E-state index is 9.36. The Hall–Kier alpha value is -1.18. The fourth-order valence-electron chi connectivity index (χ4n) is 2.17. The molecule has 0 aromatic heterocycles. The number of fused-ring (bicyclic) bond motifs is 1. The number of benzene rings is 1. The molecule has 0 saturated heterocycles. The normalized spacial score (nSPS) is 18.8. The van der Waals surface area contributed by atoms with Crippen LogP contribution in [0.5, 0.6) is 5.75 Å². The van der Waals surface area contributed by atoms with Crippen LogP contribution in [0.15, 0.2) is 18.2 Å². The highest BCUT2D eigenvalue weighted by molar-refractivity contribution is 5.63. The van der Waals surface area contributed by atoms with Gasteiger partial charge in [-0.05, 0) is 11.6 Å². The van der Waals surface area contributed by atoms with Crippen LogP contribution in [0.25, 0.3) is 0 Å². The van der Waals surface area contributed by atoms with Crippen molar-refractivity contribution in [2.75, 3.05) is 18.5 Å². The molecule has 0 bridgehead atoms. The number of aromatic hydroxyl groups is 1. The van der Waals surface area contributed by atoms with E-state index in [1.807, 2.05) is 12.1 Å². The lowest BCUT2D eigenvalue weighted by molar-refractivity contribution is 0.475. The van der Waals surface area contributed by atoms with Gasteiger partial charge < -0.3 is 10.0 Å². The molecular formula is C11H15NO. The summed E-state index contributed by atoms with van der Waals surface area (Å²) in [7, 11) is 2.06. The molecule has 2 heteroatoms. The second kappa shape index (κ2) is 2.41. The minimum absolute atomic E-state index is 0.206. The van der Waals surface area contributed by atoms with E-state index in [1.165, 1.54) is 5.56 Å². The molecule has 0 atom stereocenters. The Kier molecular flexibility index (Phi) is 1.56. The highest BCUT2D eigenvalue weighted by atomic mass is 16.3. The number of phenols is 1. The van der Waals surface area contributed by atoms with Gasteiger partial charge in [-0.1, -0.05) is 19.9 Å². The van der Waals surface area contributed by atoms with Crippen molar-refractivity contribution >= 4 is 5.69 Å². The second-order valence-electron chi connectivity index (χ2n) is 4.44. The van der Waals surface area contributed by atoms with Crippen molar-refractivity contribution in [3.8, 4) is 5.75 Å². The van der Waals surface area contributed by atoms with Crippen molar-refractivity contribution in [2.45, 2.75) is 19.3 Å². The van der Waals surface area contributed by atoms with Crippen molar-refractivity contribution in [1.82, 2.24) is 0 Å². The van der Waals surface area contributed by atoms with Gasteiger partial charge in [0.25, 0.3) is 0 Å². The molecule has 13 heavy (non-hydrogen) atoms. The first-order valence-electron chi connectivity index (χ1n) is 4.55. The summed E-state index contributed by atoms with van der Waals surface area (Å²) >= 11 is 0. The Morgan fingerprint density at radius 1 is 1.38 bits per heavy atom. The molecule has 0 aliphatic carbocycles. The summed E-state index contributed by atoms with van der Waals surface area (Å²) < 4.78 is 0. The van der Waals surface area contributed by atoms with Crippen LogP contribution in [0.2, 0.25) is 0 Å². The number of rotatable bonds is 0. The number of likely N-dealkylation sites (N-methyl/N-ethyl adjacent to an activating group) is 1. The molecular weight excluding hydrogens is 162 g/mol. The summed E-state index contributed by atoms with van der Waals surface area (Å²) in [5, 5.41) is 9.36. The first-order chi connectivity index (χ1) is 6.00. The summed E-state index contributed by atoms with van der Waals surface area (Å²) in [5.74, 6) is 0.350. The van der Waals surface area contributed by atoms with Crippen LogP contribution >= 0.6 is 0 Å². The highest BCUT2D eigenvalue weighted by Crippen LogP contribution is 2.40. The minimum atomic E-state index is 0.206. The lowest BCUT2D eigenvalue weighted by Gasteiger charge is -2.18. The summed E-state index contributed by atoms with van der Waals surface area (Å²) in [4.78, 5) is 2.19. The Labute approximate surface area is 78.8 Å². The second-order valence-corrected chi connectivity index (χ2v) is 4.44. The summed E-state index contributed by atoms with van der Waals surface area (Å²) in [5.41, 5.74) is 2.69. The van der Waals surface area contributed by atoms with Crippen LogP contribution in [-0.2, 0) is 5.41 Å². The molecule has 0 spiro atoms. The van der Waals surface area contributed by atoms with E-state index in [4.69, 9.17) is 0 Å². The zero-order chi connectivity index (χ0) is 9.64. The van der Waals surface area contributed by atoms with E-state index in [9.17, 15) is 5.11 Å². The Morgan fingerprint density at radius 2 is 2.08 bits per heavy atom. The molecule has 1 heterocycles. The molecule has 70 valence electrons. The van der Waals surface area contributed by atoms with E-state index in [0.717, 1.165) is 12.2 Å². The third-order valence-corrected chi connectivity index (χ3v) is 2.75. The van der Waals surface area contributed by atoms with E-state index in [-0.39, 0.29) is 5.41 Å². The molecule has 0 saturated carbocycles. The van der Waals surface area contributed by atoms with Gasteiger partial charge in [-0.15, -0.1) is 0 Å². The topological polar surface area (TPSA) is 23.5 Å². The standard InChI is InChI=1S/C11H15NO/c1-11(2)7-12(3)10-6-8(13)4-5-9(10)11/h4-6,13H,7H2,1-3H3. The molecule has 0 amide bonds. The van der Waals surface area contributed by atoms with Gasteiger partial charge in [0.1, 0.15) is 5.75 Å². The van der Waals surface area contributed by atoms with Crippen LogP contribution in [0, 0.1) is 0 Å². The van der Waals surface area contributed by atoms with Gasteiger partial charge in [-0.3, -0.25) is 0 Å². The first kappa shape index (κ1) is 8.42. The van der Waals surface area contributed by atoms with Gasteiger partial charge in [0.05, 0.1) is 0 Å². The third-order valence-electron chi connectivity index (χ3n) is 2.75. The van der Waals surface area contributed by atoms with E-state index in [0.29, 0.717) is 5.75 Å². The maximum Gasteiger partial charge on any atom is 0.117 e. The molecule has 1 aromatic carbocycles. The average molecular weight is 177 g/mol. The van der Waals surface area contributed by atoms with E-state index in [2.05, 4.69) is 25.8 Å². The van der Waals surface area contributed by atoms with Crippen molar-refractivity contribution in [2.24, 2.45) is 0 Å². The molecule has 0 fully saturated rings. The molecule has 0 unspecified atom stereocenters. The zero-order valence-corrected chi connectivity index (χ0v) is 8.33. The Balaban J connectivity index is 2.59. The lowest BCUT2D eigenvalue weighted by atomic mass is 9.87. The van der Waals surface area contributed by atoms with Crippen molar-refractivity contribution in [3.63, 3.8) is 0 Å². The van der Waals surface area contributed by atoms with Crippen LogP contribution in [0.4, 0.5) is 5.69 Å². The van der Waals surface area contributed by atoms with Crippen LogP contribution in [-0.4, -0.2) is 18.7 Å². The largest absolute Gasteiger partial charge is 0.508 e. The molecule has 1 aliphatic rings. The fraction of sp³-hybridized carbons (Fsp3) is 0.455. The monoisotopic (exact) mass is 177 g/mol. The van der Waals surface area contributed by atoms with Crippen LogP contribution < -0.4 is 4.90 Å². The van der Waals surface area contributed by atoms with E-state index >= 15 is 0 Å². The smallest absolute Gasteiger partial charge is 0.117 e. The maximum atomic E-state index is 9.36. The van der Waals surface area contributed by atoms with Gasteiger partial charge in [0.2, 0.25) is 0 Å². The SMILES string of the molecule is CN1CC(C)(C)c2ccc(O)cc21. The first-order valence-corrected chi connectivity index (χ1v) is 4.55. The van der Waals surface area contributed by atoms with Crippen LogP contribution in [0.1, 0.15) is 19.4 Å². The molecule has 1 aliphatic heterocycles. The van der Waals surface area contributed by atoms with Gasteiger partial charge in [0.15, 0.2) is 0 Å². The summed E-state index contributed by atoms with van der Waals surface area (Å²) in [6.07, 6.45) is 0. The average Bonchev–Trinajstić information content (AvgIpc) is 2.22. The highest BCUT2D eigenvalue weighted by Gasteiger charge is 2.33. The van der Waals surface area contributed by atoms with E-state index < -0.39 is 0 Å². The number of nitrogens with zero attached hydrogens (tertiary/aromatic N) is 1. The number of hydrogen-bond donors (Lipinski definition) is 1. The lowest BCUT2D eigenvalue weighted by Crippen LogP contribution is -2.24. The minimum Gasteiger partial charge on any atom is -0.508 e. The zero-order valence-electron chi connectivity index (χ0n) is 8.33. The predicted molar refractivity (Wildman–Crippen MR) is 54.4 cm³/mol. The van der Waals surface area contributed by atoms with Gasteiger partial charge in [-0.2, -0.15) is 0 Å². The van der Waals surface area contributed by atoms with Crippen LogP contribution in [0.3, 0.4) is 0 Å². The predicted octanol–water partition coefficient (Wildman–Crippen LogP) is 2.12. The van der Waals surface area contributed by atoms with Gasteiger partial charge in [0, 0.05) is 30.8 Å². The van der Waals surface area contributed by atoms with Crippen molar-refractivity contribution < 1.29 is 5.11 Å². The molecule has 1 N–H and O–H groups in total. The summed E-state index contributed by atoms with van der Waals surface area (Å²) in [6.45, 7) is 5.48. The summed E-state index contributed by atoms with van der Waals surface area (Å²) in [6, 6.07) is 5.62. The molecule has 2 nitrogen and oxygen atoms in total. The number of phenolic OH excluding ortho intramolecular Hbond substituents is 1.